The predicted octanol–water partition coefficient (Wildman–Crippen LogP) is 8.83. The minimum atomic E-state index is -0.0416. The van der Waals surface area contributed by atoms with E-state index in [0.29, 0.717) is 0 Å². The number of para-hydroxylation sites is 2. The quantitative estimate of drug-likeness (QED) is 0.281. The Morgan fingerprint density at radius 3 is 2.33 bits per heavy atom. The summed E-state index contributed by atoms with van der Waals surface area (Å²) in [6.45, 7) is 9.33. The minimum absolute atomic E-state index is 0.0416. The van der Waals surface area contributed by atoms with Crippen LogP contribution in [0.25, 0.3) is 0 Å². The van der Waals surface area contributed by atoms with E-state index in [9.17, 15) is 0 Å². The summed E-state index contributed by atoms with van der Waals surface area (Å²) in [5.74, 6) is 0. The van der Waals surface area contributed by atoms with Crippen molar-refractivity contribution in [2.24, 2.45) is 0 Å². The van der Waals surface area contributed by atoms with Gasteiger partial charge in [-0.05, 0) is 66.7 Å². The van der Waals surface area contributed by atoms with Gasteiger partial charge in [0.1, 0.15) is 7.05 Å². The number of hydrogen-bond donors (Lipinski definition) is 0. The fourth-order valence-corrected chi connectivity index (χ4v) is 7.40. The number of likely N-dealkylation sites (N-methyl/N-ethyl adjacent to an activating group) is 1. The summed E-state index contributed by atoms with van der Waals surface area (Å²) in [5, 5.41) is 0. The second-order valence-electron chi connectivity index (χ2n) is 12.4. The molecule has 0 amide bonds. The average Bonchev–Trinajstić information content (AvgIpc) is 3.49. The van der Waals surface area contributed by atoms with E-state index in [1.54, 1.807) is 0 Å². The number of hydrogen-bond acceptors (Lipinski definition) is 2. The Hall–Kier alpha value is -3.56. The Balaban J connectivity index is 1.42. The summed E-state index contributed by atoms with van der Waals surface area (Å²) in [6.07, 6.45) is 18.9. The summed E-state index contributed by atoms with van der Waals surface area (Å²) in [7, 11) is 4.38. The number of thiocarbonyl (C=S) groups is 1. The monoisotopic (exact) mass is 543 g/mol. The largest absolute Gasteiger partial charge is 0.347 e. The molecule has 0 spiro atoms. The molecule has 2 nitrogen and oxygen atoms in total. The van der Waals surface area contributed by atoms with Gasteiger partial charge in [0.15, 0.2) is 5.71 Å². The highest BCUT2D eigenvalue weighted by molar-refractivity contribution is 7.80. The standard InChI is InChI=1S/C37H39N2S/c1-36(2)28-14-8-10-16-30(28)38(5)33(36)23-21-25-19-20-26(35(25)27-13-7-12-18-32(27)40)22-24-34-37(3,4)29-15-9-11-17-31(29)39(34)6/h7-17,21-24H,18-20H2,1-6H3/q+1. The molecule has 0 atom stereocenters. The van der Waals surface area contributed by atoms with Crippen molar-refractivity contribution < 1.29 is 4.58 Å². The van der Waals surface area contributed by atoms with Gasteiger partial charge in [-0.15, -0.1) is 0 Å². The van der Waals surface area contributed by atoms with Crippen LogP contribution in [-0.4, -0.2) is 29.2 Å². The molecule has 0 N–H and O–H groups in total. The molecule has 2 aromatic carbocycles. The van der Waals surface area contributed by atoms with Crippen LogP contribution in [0.4, 0.5) is 11.4 Å². The highest BCUT2D eigenvalue weighted by Crippen LogP contribution is 2.47. The third-order valence-electron chi connectivity index (χ3n) is 9.34. The summed E-state index contributed by atoms with van der Waals surface area (Å²) in [5.41, 5.74) is 13.2. The number of nitrogens with zero attached hydrogens (tertiary/aromatic N) is 2. The maximum absolute atomic E-state index is 5.92. The number of fused-ring (bicyclic) bond motifs is 2. The van der Waals surface area contributed by atoms with Crippen LogP contribution in [0.3, 0.4) is 0 Å². The van der Waals surface area contributed by atoms with Crippen LogP contribution >= 0.6 is 12.2 Å². The first kappa shape index (κ1) is 26.7. The highest BCUT2D eigenvalue weighted by atomic mass is 32.1. The van der Waals surface area contributed by atoms with Gasteiger partial charge in [0.2, 0.25) is 5.69 Å². The molecule has 40 heavy (non-hydrogen) atoms. The molecule has 6 rings (SSSR count). The molecule has 0 aromatic heterocycles. The van der Waals surface area contributed by atoms with Crippen LogP contribution in [0.2, 0.25) is 0 Å². The summed E-state index contributed by atoms with van der Waals surface area (Å²) < 4.78 is 2.35. The molecular formula is C37H39N2S+. The Morgan fingerprint density at radius 2 is 1.60 bits per heavy atom. The molecule has 2 aliphatic carbocycles. The smallest absolute Gasteiger partial charge is 0.209 e. The van der Waals surface area contributed by atoms with Crippen molar-refractivity contribution in [1.82, 2.24) is 0 Å². The Kier molecular flexibility index (Phi) is 6.54. The van der Waals surface area contributed by atoms with Crippen molar-refractivity contribution in [3.8, 4) is 0 Å². The molecule has 2 aliphatic heterocycles. The number of benzene rings is 2. The fraction of sp³-hybridized carbons (Fsp3) is 0.297. The predicted molar refractivity (Wildman–Crippen MR) is 174 cm³/mol. The maximum Gasteiger partial charge on any atom is 0.209 e. The minimum Gasteiger partial charge on any atom is -0.347 e. The first-order valence-corrected chi connectivity index (χ1v) is 14.8. The zero-order chi connectivity index (χ0) is 28.2. The lowest BCUT2D eigenvalue weighted by molar-refractivity contribution is -0.401. The number of rotatable bonds is 4. The van der Waals surface area contributed by atoms with Crippen LogP contribution in [-0.2, 0) is 10.8 Å². The third kappa shape index (κ3) is 4.14. The molecule has 202 valence electrons. The average molecular weight is 544 g/mol. The van der Waals surface area contributed by atoms with Gasteiger partial charge in [0, 0.05) is 52.8 Å². The zero-order valence-electron chi connectivity index (χ0n) is 24.6. The summed E-state index contributed by atoms with van der Waals surface area (Å²) in [4.78, 5) is 3.39. The Labute approximate surface area is 245 Å². The van der Waals surface area contributed by atoms with Gasteiger partial charge in [-0.1, -0.05) is 92.8 Å². The van der Waals surface area contributed by atoms with Crippen molar-refractivity contribution in [2.45, 2.75) is 57.8 Å². The van der Waals surface area contributed by atoms with Crippen molar-refractivity contribution in [2.75, 3.05) is 19.0 Å². The van der Waals surface area contributed by atoms with Crippen LogP contribution in [0, 0.1) is 0 Å². The van der Waals surface area contributed by atoms with Crippen molar-refractivity contribution >= 4 is 34.2 Å². The van der Waals surface area contributed by atoms with Gasteiger partial charge in [0.05, 0.1) is 5.41 Å². The molecule has 0 bridgehead atoms. The lowest BCUT2D eigenvalue weighted by atomic mass is 9.81. The van der Waals surface area contributed by atoms with Gasteiger partial charge < -0.3 is 4.90 Å². The second kappa shape index (κ2) is 9.82. The molecule has 3 heteroatoms. The topological polar surface area (TPSA) is 6.25 Å². The SMILES string of the molecule is CN1C(=CC=C2CCC(C=CC3=[N+](C)c4ccccc4C3(C)C)=C2C2=CC=CCC2=S)C(C)(C)c2ccccc21. The van der Waals surface area contributed by atoms with E-state index in [1.165, 1.54) is 56.2 Å². The molecular weight excluding hydrogens is 504 g/mol. The van der Waals surface area contributed by atoms with E-state index < -0.39 is 0 Å². The first-order valence-electron chi connectivity index (χ1n) is 14.4. The van der Waals surface area contributed by atoms with Crippen LogP contribution < -0.4 is 4.90 Å². The van der Waals surface area contributed by atoms with Gasteiger partial charge in [0.25, 0.3) is 0 Å². The van der Waals surface area contributed by atoms with E-state index >= 15 is 0 Å². The van der Waals surface area contributed by atoms with Crippen molar-refractivity contribution in [3.63, 3.8) is 0 Å². The Bertz CT molecular complexity index is 1650. The lowest BCUT2D eigenvalue weighted by Gasteiger charge is -2.24. The highest BCUT2D eigenvalue weighted by Gasteiger charge is 2.42. The van der Waals surface area contributed by atoms with Crippen LogP contribution in [0.15, 0.2) is 119 Å². The summed E-state index contributed by atoms with van der Waals surface area (Å²) >= 11 is 5.92. The fourth-order valence-electron chi connectivity index (χ4n) is 7.13. The molecule has 4 aliphatic rings. The maximum atomic E-state index is 5.92. The summed E-state index contributed by atoms with van der Waals surface area (Å²) in [6, 6.07) is 17.5. The van der Waals surface area contributed by atoms with Crippen molar-refractivity contribution in [1.29, 1.82) is 0 Å². The molecule has 0 unspecified atom stereocenters. The number of allylic oxidation sites excluding steroid dienone is 12. The van der Waals surface area contributed by atoms with E-state index in [4.69, 9.17) is 12.2 Å². The molecule has 2 heterocycles. The van der Waals surface area contributed by atoms with E-state index in [0.717, 1.165) is 24.1 Å². The molecule has 0 saturated carbocycles. The Morgan fingerprint density at radius 1 is 0.875 bits per heavy atom. The van der Waals surface area contributed by atoms with Gasteiger partial charge >= 0.3 is 0 Å². The normalized spacial score (nSPS) is 23.2. The van der Waals surface area contributed by atoms with Gasteiger partial charge in [-0.2, -0.15) is 4.58 Å². The van der Waals surface area contributed by atoms with E-state index in [2.05, 4.69) is 142 Å². The lowest BCUT2D eigenvalue weighted by Crippen LogP contribution is -2.26. The van der Waals surface area contributed by atoms with E-state index in [1.807, 2.05) is 0 Å². The molecule has 0 fully saturated rings. The first-order chi connectivity index (χ1) is 19.1. The van der Waals surface area contributed by atoms with Crippen LogP contribution in [0.5, 0.6) is 0 Å². The number of anilines is 1. The molecule has 0 saturated heterocycles. The van der Waals surface area contributed by atoms with Crippen LogP contribution in [0.1, 0.15) is 58.1 Å². The van der Waals surface area contributed by atoms with Crippen molar-refractivity contribution in [3.05, 3.63) is 130 Å². The molecule has 0 radical (unpaired) electrons. The zero-order valence-corrected chi connectivity index (χ0v) is 25.4. The van der Waals surface area contributed by atoms with Gasteiger partial charge in [-0.3, -0.25) is 0 Å². The van der Waals surface area contributed by atoms with E-state index in [-0.39, 0.29) is 10.8 Å². The molecule has 2 aromatic rings. The van der Waals surface area contributed by atoms with Gasteiger partial charge in [-0.25, -0.2) is 0 Å². The second-order valence-corrected chi connectivity index (χ2v) is 12.9. The third-order valence-corrected chi connectivity index (χ3v) is 9.73.